The first kappa shape index (κ1) is 13.2. The lowest BCUT2D eigenvalue weighted by molar-refractivity contribution is -0.120. The van der Waals surface area contributed by atoms with Crippen molar-refractivity contribution in [2.75, 3.05) is 0 Å². The number of benzene rings is 1. The Balaban J connectivity index is 2.01. The molecule has 1 aromatic rings. The lowest BCUT2D eigenvalue weighted by Crippen LogP contribution is -2.37. The van der Waals surface area contributed by atoms with Gasteiger partial charge in [-0.3, -0.25) is 9.59 Å². The van der Waals surface area contributed by atoms with Crippen LogP contribution in [0.15, 0.2) is 22.7 Å². The molecule has 1 saturated carbocycles. The lowest BCUT2D eigenvalue weighted by atomic mass is 9.94. The topological polar surface area (TPSA) is 46.2 Å². The third-order valence-corrected chi connectivity index (χ3v) is 3.46. The number of carbonyl (C=O) groups is 2. The quantitative estimate of drug-likeness (QED) is 0.912. The zero-order valence-electron chi connectivity index (χ0n) is 9.71. The Morgan fingerprint density at radius 3 is 2.56 bits per heavy atom. The first-order chi connectivity index (χ1) is 8.54. The minimum Gasteiger partial charge on any atom is -0.349 e. The highest BCUT2D eigenvalue weighted by Gasteiger charge is 2.21. The first-order valence-corrected chi connectivity index (χ1v) is 6.62. The number of Topliss-reactive ketones (excluding diaryl/α,β-unsaturated/α-hetero) is 1. The molecule has 0 atom stereocenters. The smallest absolute Gasteiger partial charge is 0.251 e. The summed E-state index contributed by atoms with van der Waals surface area (Å²) in [5.41, 5.74) is 0.291. The fourth-order valence-corrected chi connectivity index (χ4v) is 2.50. The van der Waals surface area contributed by atoms with Crippen LogP contribution in [-0.4, -0.2) is 17.7 Å². The molecule has 1 fully saturated rings. The molecule has 0 aliphatic heterocycles. The Morgan fingerprint density at radius 1 is 1.28 bits per heavy atom. The van der Waals surface area contributed by atoms with Crippen LogP contribution in [0.25, 0.3) is 0 Å². The molecule has 96 valence electrons. The number of hydrogen-bond acceptors (Lipinski definition) is 2. The van der Waals surface area contributed by atoms with Crippen LogP contribution in [-0.2, 0) is 4.79 Å². The molecule has 0 unspecified atom stereocenters. The molecule has 1 aliphatic carbocycles. The zero-order valence-corrected chi connectivity index (χ0v) is 11.3. The van der Waals surface area contributed by atoms with Gasteiger partial charge < -0.3 is 5.32 Å². The van der Waals surface area contributed by atoms with Crippen LogP contribution < -0.4 is 5.32 Å². The third kappa shape index (κ3) is 3.38. The van der Waals surface area contributed by atoms with Gasteiger partial charge >= 0.3 is 0 Å². The normalized spacial score (nSPS) is 16.7. The predicted molar refractivity (Wildman–Crippen MR) is 68.8 cm³/mol. The number of halogens is 2. The molecule has 1 aliphatic rings. The van der Waals surface area contributed by atoms with Gasteiger partial charge in [-0.1, -0.05) is 15.9 Å². The van der Waals surface area contributed by atoms with Crippen molar-refractivity contribution in [2.45, 2.75) is 31.7 Å². The highest BCUT2D eigenvalue weighted by Crippen LogP contribution is 2.17. The number of amides is 1. The summed E-state index contributed by atoms with van der Waals surface area (Å²) < 4.78 is 13.7. The van der Waals surface area contributed by atoms with E-state index < -0.39 is 5.82 Å². The van der Waals surface area contributed by atoms with E-state index in [2.05, 4.69) is 21.2 Å². The zero-order chi connectivity index (χ0) is 13.1. The molecule has 5 heteroatoms. The average molecular weight is 314 g/mol. The molecule has 1 N–H and O–H groups in total. The lowest BCUT2D eigenvalue weighted by Gasteiger charge is -2.22. The molecule has 0 heterocycles. The third-order valence-electron chi connectivity index (χ3n) is 3.00. The summed E-state index contributed by atoms with van der Waals surface area (Å²) in [6, 6.07) is 4.09. The molecule has 0 radical (unpaired) electrons. The first-order valence-electron chi connectivity index (χ1n) is 5.83. The van der Waals surface area contributed by atoms with Gasteiger partial charge in [0, 0.05) is 28.9 Å². The van der Waals surface area contributed by atoms with E-state index in [1.165, 1.54) is 12.1 Å². The Morgan fingerprint density at radius 2 is 1.94 bits per heavy atom. The van der Waals surface area contributed by atoms with Crippen molar-refractivity contribution in [1.29, 1.82) is 0 Å². The summed E-state index contributed by atoms with van der Waals surface area (Å²) in [5, 5.41) is 2.83. The molecule has 18 heavy (non-hydrogen) atoms. The second kappa shape index (κ2) is 5.61. The van der Waals surface area contributed by atoms with Crippen molar-refractivity contribution in [3.05, 3.63) is 34.1 Å². The van der Waals surface area contributed by atoms with Crippen molar-refractivity contribution < 1.29 is 14.0 Å². The van der Waals surface area contributed by atoms with Crippen molar-refractivity contribution in [1.82, 2.24) is 5.32 Å². The summed E-state index contributed by atoms with van der Waals surface area (Å²) in [6.45, 7) is 0. The van der Waals surface area contributed by atoms with Crippen molar-refractivity contribution in [3.63, 3.8) is 0 Å². The van der Waals surface area contributed by atoms with Gasteiger partial charge in [-0.25, -0.2) is 4.39 Å². The SMILES string of the molecule is O=C1CCC(NC(=O)c2cc(F)cc(Br)c2)CC1. The highest BCUT2D eigenvalue weighted by atomic mass is 79.9. The summed E-state index contributed by atoms with van der Waals surface area (Å²) in [4.78, 5) is 23.0. The van der Waals surface area contributed by atoms with Crippen molar-refractivity contribution in [3.8, 4) is 0 Å². The molecule has 0 bridgehead atoms. The van der Waals surface area contributed by atoms with Crippen LogP contribution in [0, 0.1) is 5.82 Å². The minimum absolute atomic E-state index is 0.0113. The highest BCUT2D eigenvalue weighted by molar-refractivity contribution is 9.10. The van der Waals surface area contributed by atoms with E-state index in [9.17, 15) is 14.0 Å². The van der Waals surface area contributed by atoms with Gasteiger partial charge in [0.1, 0.15) is 11.6 Å². The fraction of sp³-hybridized carbons (Fsp3) is 0.385. The van der Waals surface area contributed by atoms with Gasteiger partial charge in [0.05, 0.1) is 0 Å². The van der Waals surface area contributed by atoms with E-state index in [4.69, 9.17) is 0 Å². The summed E-state index contributed by atoms with van der Waals surface area (Å²) in [6.07, 6.45) is 2.36. The molecule has 2 rings (SSSR count). The maximum absolute atomic E-state index is 13.2. The standard InChI is InChI=1S/C13H13BrFNO2/c14-9-5-8(6-10(15)7-9)13(18)16-11-1-3-12(17)4-2-11/h5-7,11H,1-4H2,(H,16,18). The van der Waals surface area contributed by atoms with Gasteiger partial charge in [-0.2, -0.15) is 0 Å². The van der Waals surface area contributed by atoms with Crippen LogP contribution in [0.2, 0.25) is 0 Å². The molecular formula is C13H13BrFNO2. The van der Waals surface area contributed by atoms with Gasteiger partial charge in [0.2, 0.25) is 0 Å². The second-order valence-electron chi connectivity index (χ2n) is 4.44. The minimum atomic E-state index is -0.451. The number of hydrogen-bond donors (Lipinski definition) is 1. The number of nitrogens with one attached hydrogen (secondary N) is 1. The monoisotopic (exact) mass is 313 g/mol. The van der Waals surface area contributed by atoms with Crippen LogP contribution in [0.4, 0.5) is 4.39 Å². The predicted octanol–water partition coefficient (Wildman–Crippen LogP) is 2.83. The summed E-state index contributed by atoms with van der Waals surface area (Å²) >= 11 is 3.15. The van der Waals surface area contributed by atoms with Gasteiger partial charge in [-0.15, -0.1) is 0 Å². The molecular weight excluding hydrogens is 301 g/mol. The molecule has 1 aromatic carbocycles. The van der Waals surface area contributed by atoms with E-state index in [1.54, 1.807) is 6.07 Å². The van der Waals surface area contributed by atoms with Gasteiger partial charge in [-0.05, 0) is 31.0 Å². The van der Waals surface area contributed by atoms with Gasteiger partial charge in [0.15, 0.2) is 0 Å². The molecule has 3 nitrogen and oxygen atoms in total. The largest absolute Gasteiger partial charge is 0.349 e. The Labute approximate surface area is 113 Å². The van der Waals surface area contributed by atoms with E-state index in [0.717, 1.165) is 0 Å². The summed E-state index contributed by atoms with van der Waals surface area (Å²) in [5.74, 6) is -0.503. The van der Waals surface area contributed by atoms with E-state index in [0.29, 0.717) is 35.7 Å². The second-order valence-corrected chi connectivity index (χ2v) is 5.36. The molecule has 0 saturated heterocycles. The Kier molecular flexibility index (Phi) is 4.11. The number of rotatable bonds is 2. The van der Waals surface area contributed by atoms with Crippen LogP contribution in [0.3, 0.4) is 0 Å². The Hall–Kier alpha value is -1.23. The molecule has 0 spiro atoms. The molecule has 0 aromatic heterocycles. The van der Waals surface area contributed by atoms with Gasteiger partial charge in [0.25, 0.3) is 5.91 Å². The van der Waals surface area contributed by atoms with Crippen LogP contribution in [0.5, 0.6) is 0 Å². The maximum Gasteiger partial charge on any atom is 0.251 e. The fourth-order valence-electron chi connectivity index (χ4n) is 2.04. The van der Waals surface area contributed by atoms with Crippen LogP contribution >= 0.6 is 15.9 Å². The Bertz CT molecular complexity index is 460. The molecule has 1 amide bonds. The summed E-state index contributed by atoms with van der Waals surface area (Å²) in [7, 11) is 0. The van der Waals surface area contributed by atoms with E-state index in [-0.39, 0.29) is 17.7 Å². The van der Waals surface area contributed by atoms with Crippen LogP contribution in [0.1, 0.15) is 36.0 Å². The van der Waals surface area contributed by atoms with Crippen molar-refractivity contribution >= 4 is 27.6 Å². The number of carbonyl (C=O) groups excluding carboxylic acids is 2. The number of ketones is 1. The average Bonchev–Trinajstić information content (AvgIpc) is 2.31. The van der Waals surface area contributed by atoms with E-state index >= 15 is 0 Å². The maximum atomic E-state index is 13.2. The van der Waals surface area contributed by atoms with E-state index in [1.807, 2.05) is 0 Å². The van der Waals surface area contributed by atoms with Crippen molar-refractivity contribution in [2.24, 2.45) is 0 Å².